The first kappa shape index (κ1) is 22.8. The number of hydrogen-bond donors (Lipinski definition) is 4. The summed E-state index contributed by atoms with van der Waals surface area (Å²) in [5.74, 6) is -2.80. The molecule has 4 rings (SSSR count). The Morgan fingerprint density at radius 1 is 1.31 bits per heavy atom. The number of anilines is 3. The molecular weight excluding hydrogens is 439 g/mol. The summed E-state index contributed by atoms with van der Waals surface area (Å²) < 4.78 is 30.7. The average molecular weight is 465 g/mol. The van der Waals surface area contributed by atoms with Gasteiger partial charge in [0.05, 0.1) is 5.69 Å². The second-order valence-corrected chi connectivity index (χ2v) is 8.56. The van der Waals surface area contributed by atoms with Crippen molar-refractivity contribution < 1.29 is 23.4 Å². The van der Waals surface area contributed by atoms with Crippen molar-refractivity contribution in [3.63, 3.8) is 0 Å². The van der Waals surface area contributed by atoms with Gasteiger partial charge >= 0.3 is 5.85 Å². The number of alkyl halides is 2. The van der Waals surface area contributed by atoms with Gasteiger partial charge in [-0.25, -0.2) is 4.98 Å². The molecule has 8 nitrogen and oxygen atoms in total. The first-order valence-corrected chi connectivity index (χ1v) is 10.9. The molecule has 3 heterocycles. The van der Waals surface area contributed by atoms with Crippen LogP contribution in [-0.2, 0) is 4.79 Å². The highest BCUT2D eigenvalue weighted by molar-refractivity contribution is 7.17. The Morgan fingerprint density at radius 2 is 2.03 bits per heavy atom. The first-order valence-electron chi connectivity index (χ1n) is 10.4. The molecule has 0 aliphatic carbocycles. The molecule has 172 valence electrons. The minimum absolute atomic E-state index is 0.0304. The normalized spacial score (nSPS) is 20.2. The molecule has 2 aliphatic heterocycles. The Bertz CT molecular complexity index is 969. The number of pyridine rings is 1. The lowest BCUT2D eigenvalue weighted by molar-refractivity contribution is -0.124. The minimum atomic E-state index is -3.35. The van der Waals surface area contributed by atoms with Crippen molar-refractivity contribution in [3.8, 4) is 5.75 Å². The predicted octanol–water partition coefficient (Wildman–Crippen LogP) is 2.21. The van der Waals surface area contributed by atoms with Crippen LogP contribution in [0.5, 0.6) is 5.75 Å². The molecule has 1 aromatic heterocycles. The molecule has 0 spiro atoms. The van der Waals surface area contributed by atoms with E-state index in [9.17, 15) is 18.7 Å². The third-order valence-electron chi connectivity index (χ3n) is 5.71. The summed E-state index contributed by atoms with van der Waals surface area (Å²) in [5.41, 5.74) is 2.14. The minimum Gasteiger partial charge on any atom is -0.430 e. The summed E-state index contributed by atoms with van der Waals surface area (Å²) in [6.45, 7) is 2.07. The van der Waals surface area contributed by atoms with Gasteiger partial charge in [-0.1, -0.05) is 0 Å². The van der Waals surface area contributed by atoms with Gasteiger partial charge in [0, 0.05) is 55.5 Å². The van der Waals surface area contributed by atoms with Crippen molar-refractivity contribution in [1.29, 1.82) is 0 Å². The van der Waals surface area contributed by atoms with Crippen molar-refractivity contribution in [1.82, 2.24) is 15.6 Å². The number of aliphatic hydroxyl groups excluding tert-OH is 1. The summed E-state index contributed by atoms with van der Waals surface area (Å²) >= 11 is 0. The molecule has 0 saturated carbocycles. The number of halogens is 2. The second-order valence-electron chi connectivity index (χ2n) is 7.88. The zero-order valence-corrected chi connectivity index (χ0v) is 18.7. The van der Waals surface area contributed by atoms with E-state index in [2.05, 4.69) is 25.7 Å². The molecule has 32 heavy (non-hydrogen) atoms. The fourth-order valence-corrected chi connectivity index (χ4v) is 4.21. The number of hydrogen-bond acceptors (Lipinski definition) is 7. The van der Waals surface area contributed by atoms with E-state index >= 15 is 0 Å². The maximum atomic E-state index is 13.1. The highest BCUT2D eigenvalue weighted by atomic mass is 31.0. The Labute approximate surface area is 186 Å². The van der Waals surface area contributed by atoms with Crippen molar-refractivity contribution in [2.75, 3.05) is 36.9 Å². The summed E-state index contributed by atoms with van der Waals surface area (Å²) in [5, 5.41) is 19.8. The molecule has 2 aromatic rings. The largest absolute Gasteiger partial charge is 0.430 e. The topological polar surface area (TPSA) is 98.8 Å². The highest BCUT2D eigenvalue weighted by Crippen LogP contribution is 2.39. The van der Waals surface area contributed by atoms with Gasteiger partial charge in [0.15, 0.2) is 0 Å². The van der Waals surface area contributed by atoms with Crippen LogP contribution in [-0.4, -0.2) is 54.6 Å². The average Bonchev–Trinajstić information content (AvgIpc) is 3.03. The fraction of sp³-hybridized carbons (Fsp3) is 0.429. The molecule has 0 radical (unpaired) electrons. The smallest absolute Gasteiger partial charge is 0.408 e. The molecule has 1 aromatic carbocycles. The summed E-state index contributed by atoms with van der Waals surface area (Å²) in [7, 11) is 3.20. The molecule has 2 saturated heterocycles. The van der Waals surface area contributed by atoms with Crippen LogP contribution in [0.3, 0.4) is 0 Å². The standard InChI is InChI=1S/C21H26F2N5O3P/c1-24-18(12-10-25-11-12)17-15(28-9-7-16(29)20(28)30)6-8-26-19(17)27-13-2-4-14(5-3-13)31-21(22,23)32/h2-6,8,12,16,18,24-25,29H,7,9-11,32H2,1H3,(H,26,27). The van der Waals surface area contributed by atoms with E-state index in [1.54, 1.807) is 29.3 Å². The maximum Gasteiger partial charge on any atom is 0.408 e. The number of nitrogens with zero attached hydrogens (tertiary/aromatic N) is 2. The van der Waals surface area contributed by atoms with E-state index < -0.39 is 12.0 Å². The van der Waals surface area contributed by atoms with Crippen molar-refractivity contribution >= 4 is 32.3 Å². The first-order chi connectivity index (χ1) is 15.3. The molecule has 3 atom stereocenters. The van der Waals surface area contributed by atoms with Gasteiger partial charge in [-0.2, -0.15) is 8.78 Å². The monoisotopic (exact) mass is 465 g/mol. The number of benzene rings is 1. The Kier molecular flexibility index (Phi) is 6.57. The van der Waals surface area contributed by atoms with E-state index in [0.29, 0.717) is 36.1 Å². The van der Waals surface area contributed by atoms with Crippen LogP contribution in [0.2, 0.25) is 0 Å². The number of rotatable bonds is 8. The SMILES string of the molecule is CNC(c1c(N2CCC(O)C2=O)ccnc1Nc1ccc(OC(F)(F)P)cc1)C1CNC1. The number of nitrogens with one attached hydrogen (secondary N) is 3. The van der Waals surface area contributed by atoms with Gasteiger partial charge in [0.1, 0.15) is 17.7 Å². The van der Waals surface area contributed by atoms with Crippen LogP contribution in [0.15, 0.2) is 36.5 Å². The zero-order chi connectivity index (χ0) is 22.9. The Balaban J connectivity index is 1.68. The van der Waals surface area contributed by atoms with E-state index in [-0.39, 0.29) is 17.7 Å². The molecular formula is C21H26F2N5O3P. The maximum absolute atomic E-state index is 13.1. The molecule has 3 unspecified atom stereocenters. The predicted molar refractivity (Wildman–Crippen MR) is 120 cm³/mol. The second kappa shape index (κ2) is 9.23. The van der Waals surface area contributed by atoms with Crippen LogP contribution >= 0.6 is 9.24 Å². The molecule has 0 bridgehead atoms. The van der Waals surface area contributed by atoms with Gasteiger partial charge in [-0.3, -0.25) is 4.79 Å². The quantitative estimate of drug-likeness (QED) is 0.444. The number of carbonyl (C=O) groups is 1. The molecule has 1 amide bonds. The van der Waals surface area contributed by atoms with Crippen LogP contribution in [0, 0.1) is 5.92 Å². The summed E-state index contributed by atoms with van der Waals surface area (Å²) in [4.78, 5) is 18.7. The third-order valence-corrected chi connectivity index (χ3v) is 5.83. The van der Waals surface area contributed by atoms with Gasteiger partial charge in [-0.05, 0) is 46.6 Å². The fourth-order valence-electron chi connectivity index (χ4n) is 4.07. The number of aliphatic hydroxyl groups is 1. The Hall–Kier alpha value is -2.39. The lowest BCUT2D eigenvalue weighted by Crippen LogP contribution is -2.49. The number of amides is 1. The number of carbonyl (C=O) groups excluding carboxylic acids is 1. The lowest BCUT2D eigenvalue weighted by Gasteiger charge is -2.37. The molecule has 11 heteroatoms. The van der Waals surface area contributed by atoms with E-state index in [1.165, 1.54) is 21.4 Å². The molecule has 2 fully saturated rings. The van der Waals surface area contributed by atoms with Crippen molar-refractivity contribution in [2.24, 2.45) is 5.92 Å². The number of aromatic nitrogens is 1. The zero-order valence-electron chi connectivity index (χ0n) is 17.5. The van der Waals surface area contributed by atoms with Crippen LogP contribution in [0.4, 0.5) is 26.0 Å². The van der Waals surface area contributed by atoms with Gasteiger partial charge in [-0.15, -0.1) is 0 Å². The Morgan fingerprint density at radius 3 is 2.56 bits per heavy atom. The highest BCUT2D eigenvalue weighted by Gasteiger charge is 2.37. The van der Waals surface area contributed by atoms with Gasteiger partial charge < -0.3 is 30.7 Å². The number of ether oxygens (including phenoxy) is 1. The van der Waals surface area contributed by atoms with Crippen molar-refractivity contribution in [2.45, 2.75) is 24.4 Å². The van der Waals surface area contributed by atoms with Gasteiger partial charge in [0.2, 0.25) is 0 Å². The van der Waals surface area contributed by atoms with E-state index in [4.69, 9.17) is 0 Å². The van der Waals surface area contributed by atoms with Crippen molar-refractivity contribution in [3.05, 3.63) is 42.1 Å². The van der Waals surface area contributed by atoms with Crippen LogP contribution in [0.1, 0.15) is 18.0 Å². The van der Waals surface area contributed by atoms with Gasteiger partial charge in [0.25, 0.3) is 5.91 Å². The third kappa shape index (κ3) is 4.83. The van der Waals surface area contributed by atoms with Crippen LogP contribution < -0.4 is 25.6 Å². The van der Waals surface area contributed by atoms with E-state index in [0.717, 1.165) is 18.7 Å². The lowest BCUT2D eigenvalue weighted by atomic mass is 9.87. The molecule has 4 N–H and O–H groups in total. The van der Waals surface area contributed by atoms with E-state index in [1.807, 2.05) is 7.05 Å². The summed E-state index contributed by atoms with van der Waals surface area (Å²) in [6.07, 6.45) is 0.977. The van der Waals surface area contributed by atoms with Crippen LogP contribution in [0.25, 0.3) is 0 Å². The molecule has 2 aliphatic rings. The summed E-state index contributed by atoms with van der Waals surface area (Å²) in [6, 6.07) is 7.81.